The fourth-order valence-electron chi connectivity index (χ4n) is 2.17. The Morgan fingerprint density at radius 3 is 2.76 bits per heavy atom. The maximum absolute atomic E-state index is 13.7. The highest BCUT2D eigenvalue weighted by Gasteiger charge is 2.16. The van der Waals surface area contributed by atoms with Crippen molar-refractivity contribution >= 4 is 44.5 Å². The largest absolute Gasteiger partial charge is 0.494 e. The van der Waals surface area contributed by atoms with Crippen LogP contribution in [0.15, 0.2) is 34.8 Å². The number of benzene rings is 2. The number of anilines is 1. The van der Waals surface area contributed by atoms with Gasteiger partial charge in [0.25, 0.3) is 0 Å². The third kappa shape index (κ3) is 2.34. The fourth-order valence-corrected chi connectivity index (χ4v) is 2.93. The summed E-state index contributed by atoms with van der Waals surface area (Å²) in [5, 5.41) is 0.499. The standard InChI is InChI=1S/C14H10BrClFN3O/c1-21-13-6-12-10(5-9(13)17)19-14(18)20(12)11-3-2-7(15)4-8(11)16/h2-6H,1H3,(H2,18,19). The molecule has 1 heterocycles. The Bertz CT molecular complexity index is 850. The number of hydrogen-bond donors (Lipinski definition) is 1. The van der Waals surface area contributed by atoms with Crippen LogP contribution in [0.2, 0.25) is 5.02 Å². The van der Waals surface area contributed by atoms with Crippen molar-refractivity contribution in [3.8, 4) is 11.4 Å². The van der Waals surface area contributed by atoms with Crippen LogP contribution < -0.4 is 10.5 Å². The van der Waals surface area contributed by atoms with Crippen molar-refractivity contribution in [2.75, 3.05) is 12.8 Å². The second-order valence-electron chi connectivity index (χ2n) is 4.38. The Morgan fingerprint density at radius 2 is 2.10 bits per heavy atom. The molecule has 3 rings (SSSR count). The lowest BCUT2D eigenvalue weighted by Gasteiger charge is -2.10. The molecule has 3 aromatic rings. The van der Waals surface area contributed by atoms with Crippen molar-refractivity contribution in [1.29, 1.82) is 0 Å². The van der Waals surface area contributed by atoms with Crippen molar-refractivity contribution in [2.24, 2.45) is 0 Å². The van der Waals surface area contributed by atoms with Gasteiger partial charge < -0.3 is 10.5 Å². The SMILES string of the molecule is COc1cc2c(cc1F)nc(N)n2-c1ccc(Br)cc1Cl. The minimum Gasteiger partial charge on any atom is -0.494 e. The summed E-state index contributed by atoms with van der Waals surface area (Å²) >= 11 is 9.61. The van der Waals surface area contributed by atoms with Crippen molar-refractivity contribution < 1.29 is 9.13 Å². The zero-order valence-electron chi connectivity index (χ0n) is 10.9. The van der Waals surface area contributed by atoms with Gasteiger partial charge >= 0.3 is 0 Å². The number of nitrogens with zero attached hydrogens (tertiary/aromatic N) is 2. The zero-order chi connectivity index (χ0) is 15.1. The van der Waals surface area contributed by atoms with Crippen LogP contribution in [0.4, 0.5) is 10.3 Å². The monoisotopic (exact) mass is 369 g/mol. The summed E-state index contributed by atoms with van der Waals surface area (Å²) in [6.07, 6.45) is 0. The van der Waals surface area contributed by atoms with Crippen LogP contribution >= 0.6 is 27.5 Å². The van der Waals surface area contributed by atoms with Gasteiger partial charge in [-0.25, -0.2) is 9.37 Å². The Labute approximate surface area is 133 Å². The van der Waals surface area contributed by atoms with Crippen molar-refractivity contribution in [3.05, 3.63) is 45.6 Å². The van der Waals surface area contributed by atoms with Crippen LogP contribution in [-0.4, -0.2) is 16.7 Å². The van der Waals surface area contributed by atoms with E-state index in [1.807, 2.05) is 6.07 Å². The zero-order valence-corrected chi connectivity index (χ0v) is 13.2. The second-order valence-corrected chi connectivity index (χ2v) is 5.70. The lowest BCUT2D eigenvalue weighted by Crippen LogP contribution is -2.01. The van der Waals surface area contributed by atoms with Crippen LogP contribution in [0.1, 0.15) is 0 Å². The second kappa shape index (κ2) is 5.20. The van der Waals surface area contributed by atoms with Gasteiger partial charge in [-0.3, -0.25) is 4.57 Å². The molecule has 0 saturated heterocycles. The van der Waals surface area contributed by atoms with Crippen LogP contribution in [-0.2, 0) is 0 Å². The minimum absolute atomic E-state index is 0.122. The predicted molar refractivity (Wildman–Crippen MR) is 84.7 cm³/mol. The summed E-state index contributed by atoms with van der Waals surface area (Å²) < 4.78 is 21.3. The van der Waals surface area contributed by atoms with Crippen LogP contribution in [0.3, 0.4) is 0 Å². The first-order chi connectivity index (χ1) is 10.0. The summed E-state index contributed by atoms with van der Waals surface area (Å²) in [7, 11) is 1.40. The number of aromatic nitrogens is 2. The molecular formula is C14H10BrClFN3O. The van der Waals surface area contributed by atoms with E-state index < -0.39 is 5.82 Å². The van der Waals surface area contributed by atoms with E-state index >= 15 is 0 Å². The number of nitrogen functional groups attached to an aromatic ring is 1. The molecular weight excluding hydrogens is 361 g/mol. The fraction of sp³-hybridized carbons (Fsp3) is 0.0714. The molecule has 2 aromatic carbocycles. The first kappa shape index (κ1) is 14.2. The number of imidazole rings is 1. The number of fused-ring (bicyclic) bond motifs is 1. The van der Waals surface area contributed by atoms with Crippen molar-refractivity contribution in [3.63, 3.8) is 0 Å². The number of nitrogens with two attached hydrogens (primary N) is 1. The van der Waals surface area contributed by atoms with Crippen LogP contribution in [0.5, 0.6) is 5.75 Å². The highest BCUT2D eigenvalue weighted by Crippen LogP contribution is 2.32. The molecule has 0 aliphatic heterocycles. The van der Waals surface area contributed by atoms with E-state index in [1.165, 1.54) is 13.2 Å². The molecule has 0 unspecified atom stereocenters. The normalized spacial score (nSPS) is 11.0. The summed E-state index contributed by atoms with van der Waals surface area (Å²) in [6.45, 7) is 0. The molecule has 108 valence electrons. The number of halogens is 3. The third-order valence-corrected chi connectivity index (χ3v) is 3.90. The molecule has 0 aliphatic rings. The molecule has 0 atom stereocenters. The molecule has 0 saturated carbocycles. The van der Waals surface area contributed by atoms with Gasteiger partial charge in [0.2, 0.25) is 5.95 Å². The smallest absolute Gasteiger partial charge is 0.205 e. The molecule has 1 aromatic heterocycles. The van der Waals surface area contributed by atoms with E-state index in [4.69, 9.17) is 22.1 Å². The average Bonchev–Trinajstić information content (AvgIpc) is 2.73. The van der Waals surface area contributed by atoms with Gasteiger partial charge in [-0.15, -0.1) is 0 Å². The molecule has 7 heteroatoms. The maximum Gasteiger partial charge on any atom is 0.205 e. The van der Waals surface area contributed by atoms with Gasteiger partial charge in [0.15, 0.2) is 11.6 Å². The first-order valence-corrected chi connectivity index (χ1v) is 7.15. The van der Waals surface area contributed by atoms with E-state index in [1.54, 1.807) is 22.8 Å². The number of rotatable bonds is 2. The summed E-state index contributed by atoms with van der Waals surface area (Å²) in [5.41, 5.74) is 7.67. The van der Waals surface area contributed by atoms with Gasteiger partial charge in [0.1, 0.15) is 0 Å². The van der Waals surface area contributed by atoms with Gasteiger partial charge in [0, 0.05) is 16.6 Å². The molecule has 0 radical (unpaired) electrons. The molecule has 0 amide bonds. The molecule has 4 nitrogen and oxygen atoms in total. The number of methoxy groups -OCH3 is 1. The topological polar surface area (TPSA) is 53.1 Å². The molecule has 0 bridgehead atoms. The first-order valence-electron chi connectivity index (χ1n) is 5.98. The van der Waals surface area contributed by atoms with Gasteiger partial charge in [0.05, 0.1) is 28.9 Å². The highest BCUT2D eigenvalue weighted by atomic mass is 79.9. The molecule has 0 aliphatic carbocycles. The van der Waals surface area contributed by atoms with Crippen molar-refractivity contribution in [1.82, 2.24) is 9.55 Å². The Balaban J connectivity index is 2.33. The number of hydrogen-bond acceptors (Lipinski definition) is 3. The number of ether oxygens (including phenoxy) is 1. The van der Waals surface area contributed by atoms with E-state index in [0.29, 0.717) is 21.7 Å². The Morgan fingerprint density at radius 1 is 1.33 bits per heavy atom. The van der Waals surface area contributed by atoms with Gasteiger partial charge in [-0.1, -0.05) is 27.5 Å². The van der Waals surface area contributed by atoms with Gasteiger partial charge in [-0.2, -0.15) is 0 Å². The lowest BCUT2D eigenvalue weighted by atomic mass is 10.2. The summed E-state index contributed by atoms with van der Waals surface area (Å²) in [5.74, 6) is -0.143. The van der Waals surface area contributed by atoms with Gasteiger partial charge in [-0.05, 0) is 18.2 Å². The van der Waals surface area contributed by atoms with Crippen molar-refractivity contribution in [2.45, 2.75) is 0 Å². The Hall–Kier alpha value is -1.79. The summed E-state index contributed by atoms with van der Waals surface area (Å²) in [6, 6.07) is 8.23. The molecule has 2 N–H and O–H groups in total. The molecule has 0 fully saturated rings. The van der Waals surface area contributed by atoms with E-state index in [-0.39, 0.29) is 11.7 Å². The lowest BCUT2D eigenvalue weighted by molar-refractivity contribution is 0.387. The highest BCUT2D eigenvalue weighted by molar-refractivity contribution is 9.10. The van der Waals surface area contributed by atoms with Crippen LogP contribution in [0, 0.1) is 5.82 Å². The average molecular weight is 371 g/mol. The molecule has 21 heavy (non-hydrogen) atoms. The minimum atomic E-state index is -0.489. The van der Waals surface area contributed by atoms with E-state index in [2.05, 4.69) is 20.9 Å². The van der Waals surface area contributed by atoms with Crippen LogP contribution in [0.25, 0.3) is 16.7 Å². The third-order valence-electron chi connectivity index (χ3n) is 3.10. The summed E-state index contributed by atoms with van der Waals surface area (Å²) in [4.78, 5) is 4.16. The van der Waals surface area contributed by atoms with E-state index in [0.717, 1.165) is 4.47 Å². The quantitative estimate of drug-likeness (QED) is 0.736. The molecule has 0 spiro atoms. The maximum atomic E-state index is 13.7. The van der Waals surface area contributed by atoms with E-state index in [9.17, 15) is 4.39 Å². The predicted octanol–water partition coefficient (Wildman–Crippen LogP) is 4.17. The Kier molecular flexibility index (Phi) is 3.51.